The van der Waals surface area contributed by atoms with E-state index >= 15 is 0 Å². The zero-order valence-corrected chi connectivity index (χ0v) is 13.6. The van der Waals surface area contributed by atoms with E-state index in [9.17, 15) is 9.90 Å². The Bertz CT molecular complexity index is 450. The van der Waals surface area contributed by atoms with Crippen LogP contribution in [0.2, 0.25) is 0 Å². The van der Waals surface area contributed by atoms with Crippen molar-refractivity contribution in [3.05, 3.63) is 22.4 Å². The van der Waals surface area contributed by atoms with Gasteiger partial charge in [0.1, 0.15) is 0 Å². The lowest BCUT2D eigenvalue weighted by Gasteiger charge is -2.40. The molecule has 2 N–H and O–H groups in total. The number of carboxylic acids is 1. The Hall–Kier alpha value is -0.910. The molecule has 21 heavy (non-hydrogen) atoms. The molecule has 1 aliphatic carbocycles. The lowest BCUT2D eigenvalue weighted by atomic mass is 9.78. The molecular formula is C16H25NO3S. The van der Waals surface area contributed by atoms with Crippen LogP contribution in [0.25, 0.3) is 0 Å². The minimum absolute atomic E-state index is 0.282. The summed E-state index contributed by atoms with van der Waals surface area (Å²) in [5.41, 5.74) is -0.743. The summed E-state index contributed by atoms with van der Waals surface area (Å²) >= 11 is 1.73. The quantitative estimate of drug-likeness (QED) is 0.848. The van der Waals surface area contributed by atoms with E-state index < -0.39 is 11.6 Å². The number of carbonyl (C=O) groups is 1. The number of aliphatic carboxylic acids is 1. The molecule has 0 radical (unpaired) electrons. The van der Waals surface area contributed by atoms with Gasteiger partial charge in [-0.15, -0.1) is 11.3 Å². The smallest absolute Gasteiger partial charge is 0.306 e. The van der Waals surface area contributed by atoms with Crippen molar-refractivity contribution >= 4 is 17.3 Å². The number of carboxylic acid groups (broad SMARTS) is 1. The van der Waals surface area contributed by atoms with Gasteiger partial charge >= 0.3 is 5.97 Å². The van der Waals surface area contributed by atoms with Gasteiger partial charge in [-0.3, -0.25) is 9.69 Å². The second kappa shape index (κ2) is 6.90. The molecule has 0 saturated heterocycles. The van der Waals surface area contributed by atoms with Gasteiger partial charge in [0.05, 0.1) is 11.5 Å². The summed E-state index contributed by atoms with van der Waals surface area (Å²) in [6.45, 7) is 5.74. The third-order valence-electron chi connectivity index (χ3n) is 4.43. The van der Waals surface area contributed by atoms with E-state index in [-0.39, 0.29) is 5.92 Å². The molecule has 0 bridgehead atoms. The van der Waals surface area contributed by atoms with Crippen LogP contribution < -0.4 is 0 Å². The summed E-state index contributed by atoms with van der Waals surface area (Å²) in [4.78, 5) is 14.6. The van der Waals surface area contributed by atoms with Crippen LogP contribution in [0.15, 0.2) is 17.5 Å². The lowest BCUT2D eigenvalue weighted by Crippen LogP contribution is -2.48. The van der Waals surface area contributed by atoms with Crippen molar-refractivity contribution in [3.63, 3.8) is 0 Å². The Morgan fingerprint density at radius 1 is 1.48 bits per heavy atom. The van der Waals surface area contributed by atoms with E-state index in [1.807, 2.05) is 6.07 Å². The van der Waals surface area contributed by atoms with E-state index in [0.29, 0.717) is 38.3 Å². The second-order valence-corrected chi connectivity index (χ2v) is 7.45. The Kier molecular flexibility index (Phi) is 5.41. The fraction of sp³-hybridized carbons (Fsp3) is 0.688. The lowest BCUT2D eigenvalue weighted by molar-refractivity contribution is -0.145. The van der Waals surface area contributed by atoms with Crippen LogP contribution in [-0.4, -0.2) is 39.3 Å². The molecule has 5 heteroatoms. The minimum atomic E-state index is -0.743. The third-order valence-corrected chi connectivity index (χ3v) is 5.29. The first-order valence-corrected chi connectivity index (χ1v) is 8.49. The molecule has 1 aromatic heterocycles. The van der Waals surface area contributed by atoms with Gasteiger partial charge in [0.2, 0.25) is 0 Å². The largest absolute Gasteiger partial charge is 0.481 e. The minimum Gasteiger partial charge on any atom is -0.481 e. The number of hydrogen-bond acceptors (Lipinski definition) is 4. The average molecular weight is 311 g/mol. The fourth-order valence-corrected chi connectivity index (χ4v) is 3.69. The molecule has 0 aromatic carbocycles. The Balaban J connectivity index is 1.95. The molecular weight excluding hydrogens is 286 g/mol. The van der Waals surface area contributed by atoms with Gasteiger partial charge in [0.25, 0.3) is 0 Å². The fourth-order valence-electron chi connectivity index (χ4n) is 2.96. The van der Waals surface area contributed by atoms with Crippen molar-refractivity contribution in [2.45, 2.75) is 57.7 Å². The van der Waals surface area contributed by atoms with E-state index in [2.05, 4.69) is 30.2 Å². The number of nitrogens with zero attached hydrogens (tertiary/aromatic N) is 1. The third kappa shape index (κ3) is 4.53. The molecule has 0 spiro atoms. The van der Waals surface area contributed by atoms with Gasteiger partial charge in [-0.2, -0.15) is 0 Å². The van der Waals surface area contributed by atoms with Crippen LogP contribution in [0, 0.1) is 5.92 Å². The van der Waals surface area contributed by atoms with Gasteiger partial charge in [-0.25, -0.2) is 0 Å². The Morgan fingerprint density at radius 2 is 2.14 bits per heavy atom. The first-order chi connectivity index (χ1) is 9.89. The predicted molar refractivity (Wildman–Crippen MR) is 84.4 cm³/mol. The first kappa shape index (κ1) is 16.5. The monoisotopic (exact) mass is 311 g/mol. The molecule has 0 aliphatic heterocycles. The normalized spacial score (nSPS) is 26.4. The molecule has 2 rings (SSSR count). The molecule has 1 fully saturated rings. The number of thiophene rings is 1. The SMILES string of the molecule is CC(C)N(Cc1cccs1)CC1(O)CCC(C(=O)O)CC1. The maximum absolute atomic E-state index is 11.0. The summed E-state index contributed by atoms with van der Waals surface area (Å²) < 4.78 is 0. The summed E-state index contributed by atoms with van der Waals surface area (Å²) in [5.74, 6) is -1.01. The Labute approximate surface area is 130 Å². The van der Waals surface area contributed by atoms with E-state index in [0.717, 1.165) is 6.54 Å². The van der Waals surface area contributed by atoms with Crippen LogP contribution in [0.1, 0.15) is 44.4 Å². The van der Waals surface area contributed by atoms with Crippen molar-refractivity contribution in [2.24, 2.45) is 5.92 Å². The van der Waals surface area contributed by atoms with Crippen LogP contribution in [0.4, 0.5) is 0 Å². The molecule has 0 amide bonds. The average Bonchev–Trinajstić information content (AvgIpc) is 2.91. The molecule has 1 heterocycles. The van der Waals surface area contributed by atoms with Gasteiger partial charge in [0, 0.05) is 24.0 Å². The topological polar surface area (TPSA) is 60.8 Å². The van der Waals surface area contributed by atoms with Crippen molar-refractivity contribution in [1.29, 1.82) is 0 Å². The summed E-state index contributed by atoms with van der Waals surface area (Å²) in [6, 6.07) is 4.52. The van der Waals surface area contributed by atoms with Crippen LogP contribution >= 0.6 is 11.3 Å². The summed E-state index contributed by atoms with van der Waals surface area (Å²) in [7, 11) is 0. The van der Waals surface area contributed by atoms with Crippen LogP contribution in [0.5, 0.6) is 0 Å². The van der Waals surface area contributed by atoms with Crippen molar-refractivity contribution in [3.8, 4) is 0 Å². The zero-order chi connectivity index (χ0) is 15.5. The molecule has 1 aliphatic rings. The first-order valence-electron chi connectivity index (χ1n) is 7.61. The standard InChI is InChI=1S/C16H25NO3S/c1-12(2)17(10-14-4-3-9-21-14)11-16(20)7-5-13(6-8-16)15(18)19/h3-4,9,12-13,20H,5-8,10-11H2,1-2H3,(H,18,19). The predicted octanol–water partition coefficient (Wildman–Crippen LogP) is 2.96. The summed E-state index contributed by atoms with van der Waals surface area (Å²) in [5, 5.41) is 21.9. The Morgan fingerprint density at radius 3 is 2.62 bits per heavy atom. The van der Waals surface area contributed by atoms with E-state index in [4.69, 9.17) is 5.11 Å². The molecule has 0 atom stereocenters. The van der Waals surface area contributed by atoms with Crippen LogP contribution in [-0.2, 0) is 11.3 Å². The number of hydrogen-bond donors (Lipinski definition) is 2. The maximum Gasteiger partial charge on any atom is 0.306 e. The highest BCUT2D eigenvalue weighted by Gasteiger charge is 2.37. The van der Waals surface area contributed by atoms with Crippen molar-refractivity contribution in [1.82, 2.24) is 4.90 Å². The molecule has 118 valence electrons. The van der Waals surface area contributed by atoms with Gasteiger partial charge in [0.15, 0.2) is 0 Å². The highest BCUT2D eigenvalue weighted by Crippen LogP contribution is 2.33. The molecule has 0 unspecified atom stereocenters. The molecule has 4 nitrogen and oxygen atoms in total. The summed E-state index contributed by atoms with van der Waals surface area (Å²) in [6.07, 6.45) is 2.32. The van der Waals surface area contributed by atoms with Gasteiger partial charge < -0.3 is 10.2 Å². The zero-order valence-electron chi connectivity index (χ0n) is 12.8. The molecule has 1 saturated carbocycles. The number of aliphatic hydroxyl groups is 1. The van der Waals surface area contributed by atoms with Crippen molar-refractivity contribution in [2.75, 3.05) is 6.54 Å². The second-order valence-electron chi connectivity index (χ2n) is 6.41. The van der Waals surface area contributed by atoms with Gasteiger partial charge in [-0.05, 0) is 51.0 Å². The highest BCUT2D eigenvalue weighted by molar-refractivity contribution is 7.09. The van der Waals surface area contributed by atoms with Crippen molar-refractivity contribution < 1.29 is 15.0 Å². The molecule has 1 aromatic rings. The van der Waals surface area contributed by atoms with E-state index in [1.54, 1.807) is 11.3 Å². The van der Waals surface area contributed by atoms with E-state index in [1.165, 1.54) is 4.88 Å². The van der Waals surface area contributed by atoms with Gasteiger partial charge in [-0.1, -0.05) is 6.07 Å². The van der Waals surface area contributed by atoms with Crippen LogP contribution in [0.3, 0.4) is 0 Å². The highest BCUT2D eigenvalue weighted by atomic mass is 32.1. The number of rotatable bonds is 6. The maximum atomic E-state index is 11.0.